The molecular formula is C31H48O4. The molecule has 0 heterocycles. The monoisotopic (exact) mass is 484 g/mol. The SMILES string of the molecule is C=C(CC[C@@H](C(=O)O)[C@H]1C[C@H](O)[C@@]2(C)C3=C(CC[C@]12C)[C@@]1(C)CCC(=O)C(C)(C)C1CC3)C(C)C. The van der Waals surface area contributed by atoms with Crippen LogP contribution in [0, 0.1) is 45.3 Å². The maximum absolute atomic E-state index is 12.8. The van der Waals surface area contributed by atoms with E-state index in [9.17, 15) is 19.8 Å². The van der Waals surface area contributed by atoms with Crippen molar-refractivity contribution in [3.63, 3.8) is 0 Å². The minimum Gasteiger partial charge on any atom is -0.481 e. The molecule has 0 aromatic carbocycles. The Hall–Kier alpha value is -1.42. The molecule has 0 bridgehead atoms. The van der Waals surface area contributed by atoms with Gasteiger partial charge in [-0.15, -0.1) is 0 Å². The lowest BCUT2D eigenvalue weighted by atomic mass is 9.43. The van der Waals surface area contributed by atoms with Crippen molar-refractivity contribution in [1.82, 2.24) is 0 Å². The van der Waals surface area contributed by atoms with Gasteiger partial charge in [0.05, 0.1) is 12.0 Å². The van der Waals surface area contributed by atoms with Crippen molar-refractivity contribution >= 4 is 11.8 Å². The minimum atomic E-state index is -0.729. The summed E-state index contributed by atoms with van der Waals surface area (Å²) in [5.74, 6) is -0.164. The molecule has 0 saturated heterocycles. The van der Waals surface area contributed by atoms with Gasteiger partial charge in [-0.05, 0) is 80.0 Å². The van der Waals surface area contributed by atoms with Gasteiger partial charge in [0, 0.05) is 17.3 Å². The molecule has 4 heteroatoms. The van der Waals surface area contributed by atoms with E-state index in [2.05, 4.69) is 55.0 Å². The third-order valence-corrected chi connectivity index (χ3v) is 12.0. The van der Waals surface area contributed by atoms with Crippen molar-refractivity contribution in [3.05, 3.63) is 23.3 Å². The predicted molar refractivity (Wildman–Crippen MR) is 140 cm³/mol. The fourth-order valence-corrected chi connectivity index (χ4v) is 9.31. The van der Waals surface area contributed by atoms with Gasteiger partial charge >= 0.3 is 5.97 Å². The summed E-state index contributed by atoms with van der Waals surface area (Å²) < 4.78 is 0. The lowest BCUT2D eigenvalue weighted by molar-refractivity contribution is -0.146. The van der Waals surface area contributed by atoms with E-state index in [-0.39, 0.29) is 22.2 Å². The second kappa shape index (κ2) is 8.57. The average molecular weight is 485 g/mol. The van der Waals surface area contributed by atoms with E-state index in [4.69, 9.17) is 0 Å². The highest BCUT2D eigenvalue weighted by atomic mass is 16.4. The Labute approximate surface area is 212 Å². The topological polar surface area (TPSA) is 74.6 Å². The van der Waals surface area contributed by atoms with Crippen LogP contribution in [-0.4, -0.2) is 28.1 Å². The highest BCUT2D eigenvalue weighted by Gasteiger charge is 2.67. The first kappa shape index (κ1) is 26.6. The van der Waals surface area contributed by atoms with Gasteiger partial charge in [0.25, 0.3) is 0 Å². The Morgan fingerprint density at radius 3 is 2.31 bits per heavy atom. The molecular weight excluding hydrogens is 436 g/mol. The molecule has 7 atom stereocenters. The molecule has 2 fully saturated rings. The Kier molecular flexibility index (Phi) is 6.52. The molecule has 4 nitrogen and oxygen atoms in total. The maximum atomic E-state index is 12.8. The molecule has 4 aliphatic carbocycles. The number of Topliss-reactive ketones (excluding diaryl/α,β-unsaturated/α-hetero) is 1. The van der Waals surface area contributed by atoms with Gasteiger partial charge in [0.1, 0.15) is 5.78 Å². The zero-order valence-electron chi connectivity index (χ0n) is 23.2. The Morgan fingerprint density at radius 1 is 1.06 bits per heavy atom. The fourth-order valence-electron chi connectivity index (χ4n) is 9.31. The highest BCUT2D eigenvalue weighted by molar-refractivity contribution is 5.85. The summed E-state index contributed by atoms with van der Waals surface area (Å²) >= 11 is 0. The van der Waals surface area contributed by atoms with E-state index in [0.29, 0.717) is 36.9 Å². The molecule has 0 amide bonds. The van der Waals surface area contributed by atoms with Gasteiger partial charge in [0.2, 0.25) is 0 Å². The first-order valence-electron chi connectivity index (χ1n) is 14.0. The lowest BCUT2D eigenvalue weighted by Crippen LogP contribution is -2.55. The number of hydrogen-bond donors (Lipinski definition) is 2. The summed E-state index contributed by atoms with van der Waals surface area (Å²) in [6, 6.07) is 0. The third kappa shape index (κ3) is 3.63. The number of fused-ring (bicyclic) bond motifs is 4. The van der Waals surface area contributed by atoms with Gasteiger partial charge in [-0.1, -0.05) is 71.8 Å². The zero-order chi connectivity index (χ0) is 26.1. The predicted octanol–water partition coefficient (Wildman–Crippen LogP) is 6.97. The highest BCUT2D eigenvalue weighted by Crippen LogP contribution is 2.72. The molecule has 0 aromatic heterocycles. The van der Waals surface area contributed by atoms with Crippen LogP contribution in [0.15, 0.2) is 23.3 Å². The molecule has 4 aliphatic rings. The van der Waals surface area contributed by atoms with Crippen LogP contribution < -0.4 is 0 Å². The van der Waals surface area contributed by atoms with Gasteiger partial charge in [-0.3, -0.25) is 9.59 Å². The first-order chi connectivity index (χ1) is 16.1. The van der Waals surface area contributed by atoms with E-state index in [0.717, 1.165) is 44.1 Å². The van der Waals surface area contributed by atoms with Crippen LogP contribution >= 0.6 is 0 Å². The van der Waals surface area contributed by atoms with E-state index in [1.165, 1.54) is 11.1 Å². The van der Waals surface area contributed by atoms with Crippen molar-refractivity contribution in [2.24, 2.45) is 45.3 Å². The second-order valence-corrected chi connectivity index (χ2v) is 13.9. The number of aliphatic hydroxyl groups is 1. The molecule has 0 aliphatic heterocycles. The molecule has 0 radical (unpaired) electrons. The van der Waals surface area contributed by atoms with Gasteiger partial charge in [0.15, 0.2) is 0 Å². The van der Waals surface area contributed by atoms with E-state index >= 15 is 0 Å². The third-order valence-electron chi connectivity index (χ3n) is 12.0. The number of carboxylic acid groups (broad SMARTS) is 1. The standard InChI is InChI=1S/C31H48O4/c1-18(2)19(3)9-10-20(27(34)35)23-17-26(33)31(8)22-11-12-24-28(4,5)25(32)14-15-29(24,6)21(22)13-16-30(23,31)7/h18,20,23-24,26,33H,3,9-17H2,1-2,4-8H3,(H,34,35)/t20-,23-,24?,26+,29-,30-,31-/m1/s1. The molecule has 0 aromatic rings. The van der Waals surface area contributed by atoms with Crippen LogP contribution in [0.1, 0.15) is 106 Å². The van der Waals surface area contributed by atoms with Crippen LogP contribution in [0.4, 0.5) is 0 Å². The zero-order valence-corrected chi connectivity index (χ0v) is 23.2. The van der Waals surface area contributed by atoms with Crippen LogP contribution in [0.3, 0.4) is 0 Å². The van der Waals surface area contributed by atoms with Crippen LogP contribution in [-0.2, 0) is 9.59 Å². The van der Waals surface area contributed by atoms with Gasteiger partial charge < -0.3 is 10.2 Å². The number of aliphatic carboxylic acids is 1. The number of allylic oxidation sites excluding steroid dienone is 2. The molecule has 4 rings (SSSR count). The number of hydrogen-bond acceptors (Lipinski definition) is 3. The quantitative estimate of drug-likeness (QED) is 0.399. The lowest BCUT2D eigenvalue weighted by Gasteiger charge is -2.61. The molecule has 1 unspecified atom stereocenters. The molecule has 0 spiro atoms. The summed E-state index contributed by atoms with van der Waals surface area (Å²) in [7, 11) is 0. The molecule has 35 heavy (non-hydrogen) atoms. The van der Waals surface area contributed by atoms with Crippen molar-refractivity contribution < 1.29 is 19.8 Å². The Morgan fingerprint density at radius 2 is 1.71 bits per heavy atom. The molecule has 196 valence electrons. The number of aliphatic hydroxyl groups excluding tert-OH is 1. The number of rotatable bonds is 6. The Bertz CT molecular complexity index is 957. The summed E-state index contributed by atoms with van der Waals surface area (Å²) in [5.41, 5.74) is 3.03. The number of carboxylic acids is 1. The smallest absolute Gasteiger partial charge is 0.306 e. The van der Waals surface area contributed by atoms with Crippen LogP contribution in [0.5, 0.6) is 0 Å². The largest absolute Gasteiger partial charge is 0.481 e. The molecule has 2 N–H and O–H groups in total. The number of carbonyl (C=O) groups is 2. The van der Waals surface area contributed by atoms with Crippen LogP contribution in [0.2, 0.25) is 0 Å². The minimum absolute atomic E-state index is 0.00561. The number of carbonyl (C=O) groups excluding carboxylic acids is 1. The van der Waals surface area contributed by atoms with Crippen molar-refractivity contribution in [1.29, 1.82) is 0 Å². The van der Waals surface area contributed by atoms with Crippen molar-refractivity contribution in [2.45, 2.75) is 112 Å². The maximum Gasteiger partial charge on any atom is 0.306 e. The van der Waals surface area contributed by atoms with Gasteiger partial charge in [-0.2, -0.15) is 0 Å². The van der Waals surface area contributed by atoms with E-state index < -0.39 is 23.4 Å². The average Bonchev–Trinajstić information content (AvgIpc) is 2.98. The van der Waals surface area contributed by atoms with E-state index in [1.807, 2.05) is 0 Å². The fraction of sp³-hybridized carbons (Fsp3) is 0.806. The van der Waals surface area contributed by atoms with E-state index in [1.54, 1.807) is 0 Å². The summed E-state index contributed by atoms with van der Waals surface area (Å²) in [6.07, 6.45) is 6.66. The van der Waals surface area contributed by atoms with Crippen molar-refractivity contribution in [3.8, 4) is 0 Å². The Balaban J connectivity index is 1.73. The second-order valence-electron chi connectivity index (χ2n) is 13.9. The first-order valence-corrected chi connectivity index (χ1v) is 14.0. The van der Waals surface area contributed by atoms with Crippen molar-refractivity contribution in [2.75, 3.05) is 0 Å². The summed E-state index contributed by atoms with van der Waals surface area (Å²) in [5, 5.41) is 22.0. The molecule has 2 saturated carbocycles. The summed E-state index contributed by atoms with van der Waals surface area (Å²) in [6.45, 7) is 19.6. The van der Waals surface area contributed by atoms with Gasteiger partial charge in [-0.25, -0.2) is 0 Å². The normalized spacial score (nSPS) is 41.3. The summed E-state index contributed by atoms with van der Waals surface area (Å²) in [4.78, 5) is 25.4. The van der Waals surface area contributed by atoms with Crippen LogP contribution in [0.25, 0.3) is 0 Å². The number of ketones is 1.